The highest BCUT2D eigenvalue weighted by Crippen LogP contribution is 2.12. The number of nitrogens with one attached hydrogen (secondary N) is 1. The van der Waals surface area contributed by atoms with Crippen molar-refractivity contribution in [2.45, 2.75) is 27.2 Å². The summed E-state index contributed by atoms with van der Waals surface area (Å²) in [6, 6.07) is 0. The molecular formula is C9H15N3O. The minimum Gasteiger partial charge on any atom is -0.310 e. The second-order valence-corrected chi connectivity index (χ2v) is 3.69. The Hall–Kier alpha value is -1.19. The lowest BCUT2D eigenvalue weighted by Crippen LogP contribution is -2.20. The van der Waals surface area contributed by atoms with Gasteiger partial charge in [-0.2, -0.15) is 0 Å². The third-order valence-electron chi connectivity index (χ3n) is 2.35. The predicted octanol–water partition coefficient (Wildman–Crippen LogP) is 1.000. The monoisotopic (exact) mass is 181 g/mol. The molecule has 4 nitrogen and oxygen atoms in total. The quantitative estimate of drug-likeness (QED) is 0.756. The van der Waals surface area contributed by atoms with E-state index >= 15 is 0 Å². The van der Waals surface area contributed by atoms with Crippen LogP contribution in [0.5, 0.6) is 0 Å². The Labute approximate surface area is 77.4 Å². The molecule has 1 atom stereocenters. The average molecular weight is 181 g/mol. The Balaban J connectivity index is 2.75. The summed E-state index contributed by atoms with van der Waals surface area (Å²) in [5.41, 5.74) is 0.409. The first-order chi connectivity index (χ1) is 6.11. The van der Waals surface area contributed by atoms with Gasteiger partial charge in [-0.3, -0.25) is 4.79 Å². The molecule has 0 aliphatic carbocycles. The number of H-pyrrole nitrogens is 1. The summed E-state index contributed by atoms with van der Waals surface area (Å²) in [6.45, 7) is 6.38. The molecule has 0 spiro atoms. The van der Waals surface area contributed by atoms with Crippen molar-refractivity contribution < 1.29 is 0 Å². The average Bonchev–Trinajstić information content (AvgIpc) is 2.08. The standard InChI is InChI=1S/C9H15N3O/c1-6(2)7(3)4-8-9(13)10-5-11-12-8/h5-7H,4H2,1-3H3,(H,10,11,13). The molecule has 1 unspecified atom stereocenters. The van der Waals surface area contributed by atoms with Crippen LogP contribution in [0.1, 0.15) is 26.5 Å². The number of rotatable bonds is 3. The minimum absolute atomic E-state index is 0.123. The molecule has 72 valence electrons. The molecule has 1 aromatic heterocycles. The highest BCUT2D eigenvalue weighted by molar-refractivity contribution is 4.93. The lowest BCUT2D eigenvalue weighted by molar-refractivity contribution is 0.410. The van der Waals surface area contributed by atoms with Crippen molar-refractivity contribution in [2.75, 3.05) is 0 Å². The molecule has 1 N–H and O–H groups in total. The van der Waals surface area contributed by atoms with Crippen LogP contribution < -0.4 is 5.56 Å². The van der Waals surface area contributed by atoms with Crippen molar-refractivity contribution in [3.63, 3.8) is 0 Å². The van der Waals surface area contributed by atoms with E-state index in [1.54, 1.807) is 0 Å². The zero-order chi connectivity index (χ0) is 9.84. The molecule has 1 aromatic rings. The topological polar surface area (TPSA) is 58.6 Å². The summed E-state index contributed by atoms with van der Waals surface area (Å²) in [5, 5.41) is 7.46. The molecule has 4 heteroatoms. The van der Waals surface area contributed by atoms with Gasteiger partial charge in [0, 0.05) is 0 Å². The first-order valence-corrected chi connectivity index (χ1v) is 4.50. The lowest BCUT2D eigenvalue weighted by atomic mass is 9.93. The van der Waals surface area contributed by atoms with Gasteiger partial charge >= 0.3 is 0 Å². The number of aromatic amines is 1. The molecule has 1 heterocycles. The van der Waals surface area contributed by atoms with Crippen LogP contribution in [0.3, 0.4) is 0 Å². The van der Waals surface area contributed by atoms with Gasteiger partial charge in [0.05, 0.1) is 0 Å². The van der Waals surface area contributed by atoms with Gasteiger partial charge in [0.1, 0.15) is 12.0 Å². The van der Waals surface area contributed by atoms with E-state index in [9.17, 15) is 4.79 Å². The van der Waals surface area contributed by atoms with Crippen molar-refractivity contribution >= 4 is 0 Å². The fourth-order valence-electron chi connectivity index (χ4n) is 0.989. The van der Waals surface area contributed by atoms with Crippen molar-refractivity contribution in [2.24, 2.45) is 11.8 Å². The van der Waals surface area contributed by atoms with Gasteiger partial charge < -0.3 is 4.98 Å². The summed E-state index contributed by atoms with van der Waals surface area (Å²) in [7, 11) is 0. The van der Waals surface area contributed by atoms with Crippen LogP contribution in [0.4, 0.5) is 0 Å². The number of hydrogen-bond donors (Lipinski definition) is 1. The Morgan fingerprint density at radius 1 is 1.46 bits per heavy atom. The van der Waals surface area contributed by atoms with E-state index in [1.165, 1.54) is 6.33 Å². The van der Waals surface area contributed by atoms with Crippen molar-refractivity contribution in [3.8, 4) is 0 Å². The molecule has 0 amide bonds. The van der Waals surface area contributed by atoms with Crippen LogP contribution in [0.25, 0.3) is 0 Å². The van der Waals surface area contributed by atoms with Crippen LogP contribution in [-0.4, -0.2) is 15.2 Å². The zero-order valence-electron chi connectivity index (χ0n) is 8.24. The predicted molar refractivity (Wildman–Crippen MR) is 50.4 cm³/mol. The van der Waals surface area contributed by atoms with E-state index in [1.807, 2.05) is 0 Å². The Kier molecular flexibility index (Phi) is 3.17. The number of aromatic nitrogens is 3. The molecule has 0 saturated carbocycles. The van der Waals surface area contributed by atoms with Crippen LogP contribution in [-0.2, 0) is 6.42 Å². The van der Waals surface area contributed by atoms with E-state index in [-0.39, 0.29) is 5.56 Å². The van der Waals surface area contributed by atoms with E-state index in [0.717, 1.165) is 0 Å². The zero-order valence-corrected chi connectivity index (χ0v) is 8.24. The van der Waals surface area contributed by atoms with Gasteiger partial charge in [0.2, 0.25) is 0 Å². The molecule has 0 aliphatic rings. The van der Waals surface area contributed by atoms with Crippen LogP contribution in [0.15, 0.2) is 11.1 Å². The third-order valence-corrected chi connectivity index (χ3v) is 2.35. The highest BCUT2D eigenvalue weighted by Gasteiger charge is 2.11. The van der Waals surface area contributed by atoms with Gasteiger partial charge in [-0.15, -0.1) is 10.2 Å². The molecule has 0 aliphatic heterocycles. The lowest BCUT2D eigenvalue weighted by Gasteiger charge is -2.13. The molecule has 0 bridgehead atoms. The molecule has 0 fully saturated rings. The first-order valence-electron chi connectivity index (χ1n) is 4.50. The highest BCUT2D eigenvalue weighted by atomic mass is 16.1. The second-order valence-electron chi connectivity index (χ2n) is 3.69. The van der Waals surface area contributed by atoms with E-state index < -0.39 is 0 Å². The summed E-state index contributed by atoms with van der Waals surface area (Å²) < 4.78 is 0. The maximum absolute atomic E-state index is 11.2. The molecular weight excluding hydrogens is 166 g/mol. The summed E-state index contributed by atoms with van der Waals surface area (Å²) in [6.07, 6.45) is 2.01. The normalized spacial score (nSPS) is 13.2. The van der Waals surface area contributed by atoms with E-state index in [2.05, 4.69) is 36.0 Å². The maximum Gasteiger partial charge on any atom is 0.272 e. The van der Waals surface area contributed by atoms with Gasteiger partial charge in [-0.1, -0.05) is 20.8 Å². The van der Waals surface area contributed by atoms with E-state index in [0.29, 0.717) is 24.0 Å². The van der Waals surface area contributed by atoms with Crippen molar-refractivity contribution in [3.05, 3.63) is 22.4 Å². The fraction of sp³-hybridized carbons (Fsp3) is 0.667. The molecule has 0 radical (unpaired) electrons. The van der Waals surface area contributed by atoms with Gasteiger partial charge in [-0.05, 0) is 18.3 Å². The number of nitrogens with zero attached hydrogens (tertiary/aromatic N) is 2. The van der Waals surface area contributed by atoms with Crippen molar-refractivity contribution in [1.82, 2.24) is 15.2 Å². The number of hydrogen-bond acceptors (Lipinski definition) is 3. The van der Waals surface area contributed by atoms with Crippen LogP contribution >= 0.6 is 0 Å². The van der Waals surface area contributed by atoms with Crippen LogP contribution in [0, 0.1) is 11.8 Å². The second kappa shape index (κ2) is 4.16. The molecule has 0 aromatic carbocycles. The van der Waals surface area contributed by atoms with Gasteiger partial charge in [0.15, 0.2) is 0 Å². The van der Waals surface area contributed by atoms with Crippen LogP contribution in [0.2, 0.25) is 0 Å². The Morgan fingerprint density at radius 3 is 2.69 bits per heavy atom. The molecule has 0 saturated heterocycles. The van der Waals surface area contributed by atoms with Gasteiger partial charge in [-0.25, -0.2) is 0 Å². The Bertz CT molecular complexity index is 319. The minimum atomic E-state index is -0.123. The fourth-order valence-corrected chi connectivity index (χ4v) is 0.989. The third kappa shape index (κ3) is 2.65. The largest absolute Gasteiger partial charge is 0.310 e. The maximum atomic E-state index is 11.2. The summed E-state index contributed by atoms with van der Waals surface area (Å²) >= 11 is 0. The molecule has 13 heavy (non-hydrogen) atoms. The van der Waals surface area contributed by atoms with E-state index in [4.69, 9.17) is 0 Å². The van der Waals surface area contributed by atoms with Crippen molar-refractivity contribution in [1.29, 1.82) is 0 Å². The SMILES string of the molecule is CC(C)C(C)Cc1nnc[nH]c1=O. The first kappa shape index (κ1) is 9.89. The summed E-state index contributed by atoms with van der Waals surface area (Å²) in [5.74, 6) is 1.01. The Morgan fingerprint density at radius 2 is 2.15 bits per heavy atom. The molecule has 1 rings (SSSR count). The van der Waals surface area contributed by atoms with Gasteiger partial charge in [0.25, 0.3) is 5.56 Å². The summed E-state index contributed by atoms with van der Waals surface area (Å²) in [4.78, 5) is 13.7. The smallest absolute Gasteiger partial charge is 0.272 e.